The number of nitrogens with one attached hydrogen (secondary N) is 2. The molecule has 20 heavy (non-hydrogen) atoms. The average Bonchev–Trinajstić information content (AvgIpc) is 2.41. The first-order valence-electron chi connectivity index (χ1n) is 6.13. The summed E-state index contributed by atoms with van der Waals surface area (Å²) in [5.74, 6) is -0.344. The van der Waals surface area contributed by atoms with Gasteiger partial charge in [-0.3, -0.25) is 0 Å². The molecule has 0 saturated heterocycles. The first kappa shape index (κ1) is 14.3. The zero-order valence-corrected chi connectivity index (χ0v) is 11.6. The van der Waals surface area contributed by atoms with Crippen LogP contribution in [0.5, 0.6) is 0 Å². The topological polar surface area (TPSA) is 41.1 Å². The van der Waals surface area contributed by atoms with Crippen molar-refractivity contribution in [3.8, 4) is 0 Å². The van der Waals surface area contributed by atoms with Crippen LogP contribution in [-0.4, -0.2) is 6.03 Å². The number of urea groups is 1. The summed E-state index contributed by atoms with van der Waals surface area (Å²) in [6.07, 6.45) is 0. The highest BCUT2D eigenvalue weighted by Gasteiger charge is 2.09. The van der Waals surface area contributed by atoms with Crippen LogP contribution in [0.1, 0.15) is 18.5 Å². The van der Waals surface area contributed by atoms with Crippen molar-refractivity contribution < 1.29 is 9.18 Å². The molecule has 0 bridgehead atoms. The highest BCUT2D eigenvalue weighted by molar-refractivity contribution is 6.30. The Labute approximate surface area is 121 Å². The molecule has 1 atom stereocenters. The van der Waals surface area contributed by atoms with E-state index >= 15 is 0 Å². The van der Waals surface area contributed by atoms with E-state index in [0.29, 0.717) is 10.7 Å². The predicted molar refractivity (Wildman–Crippen MR) is 78.4 cm³/mol. The number of carbonyl (C=O) groups is 1. The van der Waals surface area contributed by atoms with Gasteiger partial charge in [-0.15, -0.1) is 0 Å². The van der Waals surface area contributed by atoms with E-state index in [1.54, 1.807) is 12.1 Å². The number of amides is 2. The molecule has 5 heteroatoms. The van der Waals surface area contributed by atoms with Crippen molar-refractivity contribution >= 4 is 23.3 Å². The second kappa shape index (κ2) is 6.39. The van der Waals surface area contributed by atoms with Crippen molar-refractivity contribution in [3.63, 3.8) is 0 Å². The normalized spacial score (nSPS) is 11.8. The highest BCUT2D eigenvalue weighted by atomic mass is 35.5. The SMILES string of the molecule is CC(NC(=O)Nc1ccc(F)cc1)c1cccc(Cl)c1. The van der Waals surface area contributed by atoms with Crippen LogP contribution >= 0.6 is 11.6 Å². The summed E-state index contributed by atoms with van der Waals surface area (Å²) in [4.78, 5) is 11.8. The minimum atomic E-state index is -0.357. The molecule has 2 N–H and O–H groups in total. The van der Waals surface area contributed by atoms with Crippen molar-refractivity contribution in [1.29, 1.82) is 0 Å². The maximum Gasteiger partial charge on any atom is 0.319 e. The standard InChI is InChI=1S/C15H14ClFN2O/c1-10(11-3-2-4-12(16)9-11)18-15(20)19-14-7-5-13(17)6-8-14/h2-10H,1H3,(H2,18,19,20). The Balaban J connectivity index is 1.95. The maximum atomic E-state index is 12.8. The number of hydrogen-bond donors (Lipinski definition) is 2. The molecule has 0 aliphatic rings. The second-order valence-corrected chi connectivity index (χ2v) is 4.82. The van der Waals surface area contributed by atoms with E-state index in [1.165, 1.54) is 24.3 Å². The van der Waals surface area contributed by atoms with Gasteiger partial charge in [-0.25, -0.2) is 9.18 Å². The van der Waals surface area contributed by atoms with Crippen LogP contribution in [0.3, 0.4) is 0 Å². The Bertz CT molecular complexity index is 601. The number of benzene rings is 2. The maximum absolute atomic E-state index is 12.8. The Morgan fingerprint density at radius 1 is 1.20 bits per heavy atom. The summed E-state index contributed by atoms with van der Waals surface area (Å²) < 4.78 is 12.8. The van der Waals surface area contributed by atoms with Gasteiger partial charge in [0.2, 0.25) is 0 Å². The molecular weight excluding hydrogens is 279 g/mol. The fraction of sp³-hybridized carbons (Fsp3) is 0.133. The third-order valence-corrected chi connectivity index (χ3v) is 3.03. The first-order chi connectivity index (χ1) is 9.54. The van der Waals surface area contributed by atoms with Gasteiger partial charge in [0, 0.05) is 10.7 Å². The molecule has 2 aromatic rings. The zero-order valence-electron chi connectivity index (χ0n) is 10.9. The third-order valence-electron chi connectivity index (χ3n) is 2.80. The van der Waals surface area contributed by atoms with Crippen LogP contribution in [0.25, 0.3) is 0 Å². The van der Waals surface area contributed by atoms with Gasteiger partial charge < -0.3 is 10.6 Å². The lowest BCUT2D eigenvalue weighted by Gasteiger charge is -2.15. The predicted octanol–water partition coefficient (Wildman–Crippen LogP) is 4.36. The lowest BCUT2D eigenvalue weighted by molar-refractivity contribution is 0.249. The fourth-order valence-corrected chi connectivity index (χ4v) is 1.96. The Morgan fingerprint density at radius 2 is 1.90 bits per heavy atom. The molecule has 0 radical (unpaired) electrons. The molecule has 2 rings (SSSR count). The van der Waals surface area contributed by atoms with Crippen LogP contribution in [0, 0.1) is 5.82 Å². The fourth-order valence-electron chi connectivity index (χ4n) is 1.76. The first-order valence-corrected chi connectivity index (χ1v) is 6.51. The van der Waals surface area contributed by atoms with E-state index in [2.05, 4.69) is 10.6 Å². The smallest absolute Gasteiger partial charge is 0.319 e. The van der Waals surface area contributed by atoms with Crippen LogP contribution in [-0.2, 0) is 0 Å². The largest absolute Gasteiger partial charge is 0.331 e. The molecule has 0 aliphatic heterocycles. The number of halogens is 2. The van der Waals surface area contributed by atoms with Crippen LogP contribution < -0.4 is 10.6 Å². The number of carbonyl (C=O) groups excluding carboxylic acids is 1. The van der Waals surface area contributed by atoms with Gasteiger partial charge in [0.25, 0.3) is 0 Å². The third kappa shape index (κ3) is 3.96. The van der Waals surface area contributed by atoms with E-state index in [1.807, 2.05) is 19.1 Å². The molecular formula is C15H14ClFN2O. The second-order valence-electron chi connectivity index (χ2n) is 4.38. The lowest BCUT2D eigenvalue weighted by Crippen LogP contribution is -2.31. The molecule has 0 saturated carbocycles. The molecule has 0 aliphatic carbocycles. The van der Waals surface area contributed by atoms with Crippen molar-refractivity contribution in [2.24, 2.45) is 0 Å². The minimum Gasteiger partial charge on any atom is -0.331 e. The molecule has 0 aromatic heterocycles. The summed E-state index contributed by atoms with van der Waals surface area (Å²) in [5.41, 5.74) is 1.44. The minimum absolute atomic E-state index is 0.186. The lowest BCUT2D eigenvalue weighted by atomic mass is 10.1. The quantitative estimate of drug-likeness (QED) is 0.867. The van der Waals surface area contributed by atoms with Gasteiger partial charge in [-0.05, 0) is 48.9 Å². The summed E-state index contributed by atoms with van der Waals surface area (Å²) in [6.45, 7) is 1.86. The molecule has 0 heterocycles. The van der Waals surface area contributed by atoms with E-state index < -0.39 is 0 Å². The molecule has 2 aromatic carbocycles. The van der Waals surface area contributed by atoms with Gasteiger partial charge in [-0.1, -0.05) is 23.7 Å². The molecule has 3 nitrogen and oxygen atoms in total. The summed E-state index contributed by atoms with van der Waals surface area (Å²) in [6, 6.07) is 12.3. The Kier molecular flexibility index (Phi) is 4.58. The molecule has 1 unspecified atom stereocenters. The zero-order chi connectivity index (χ0) is 14.5. The van der Waals surface area contributed by atoms with Crippen molar-refractivity contribution in [1.82, 2.24) is 5.32 Å². The number of anilines is 1. The van der Waals surface area contributed by atoms with Gasteiger partial charge in [0.15, 0.2) is 0 Å². The monoisotopic (exact) mass is 292 g/mol. The molecule has 104 valence electrons. The Morgan fingerprint density at radius 3 is 2.55 bits per heavy atom. The van der Waals surface area contributed by atoms with Crippen LogP contribution in [0.2, 0.25) is 5.02 Å². The van der Waals surface area contributed by atoms with Gasteiger partial charge in [-0.2, -0.15) is 0 Å². The number of hydrogen-bond acceptors (Lipinski definition) is 1. The van der Waals surface area contributed by atoms with E-state index in [0.717, 1.165) is 5.56 Å². The summed E-state index contributed by atoms with van der Waals surface area (Å²) in [7, 11) is 0. The van der Waals surface area contributed by atoms with E-state index in [-0.39, 0.29) is 17.9 Å². The summed E-state index contributed by atoms with van der Waals surface area (Å²) >= 11 is 5.91. The van der Waals surface area contributed by atoms with Crippen molar-refractivity contribution in [2.45, 2.75) is 13.0 Å². The van der Waals surface area contributed by atoms with Crippen molar-refractivity contribution in [2.75, 3.05) is 5.32 Å². The van der Waals surface area contributed by atoms with Gasteiger partial charge >= 0.3 is 6.03 Å². The molecule has 2 amide bonds. The van der Waals surface area contributed by atoms with Gasteiger partial charge in [0.05, 0.1) is 6.04 Å². The van der Waals surface area contributed by atoms with E-state index in [9.17, 15) is 9.18 Å². The molecule has 0 fully saturated rings. The van der Waals surface area contributed by atoms with Crippen LogP contribution in [0.15, 0.2) is 48.5 Å². The molecule has 0 spiro atoms. The highest BCUT2D eigenvalue weighted by Crippen LogP contribution is 2.17. The van der Waals surface area contributed by atoms with Crippen molar-refractivity contribution in [3.05, 3.63) is 64.9 Å². The Hall–Kier alpha value is -2.07. The average molecular weight is 293 g/mol. The number of rotatable bonds is 3. The van der Waals surface area contributed by atoms with E-state index in [4.69, 9.17) is 11.6 Å². The van der Waals surface area contributed by atoms with Gasteiger partial charge in [0.1, 0.15) is 5.82 Å². The van der Waals surface area contributed by atoms with Crippen LogP contribution in [0.4, 0.5) is 14.9 Å². The summed E-state index contributed by atoms with van der Waals surface area (Å²) in [5, 5.41) is 6.04.